The molecule has 2 aromatic carbocycles. The second kappa shape index (κ2) is 8.96. The van der Waals surface area contributed by atoms with Gasteiger partial charge in [-0.15, -0.1) is 0 Å². The molecule has 0 radical (unpaired) electrons. The largest absolute Gasteiger partial charge is 0.361 e. The summed E-state index contributed by atoms with van der Waals surface area (Å²) in [5.41, 5.74) is 2.53. The van der Waals surface area contributed by atoms with Crippen LogP contribution in [-0.4, -0.2) is 34.2 Å². The van der Waals surface area contributed by atoms with Crippen LogP contribution in [0.2, 0.25) is 5.02 Å². The van der Waals surface area contributed by atoms with Gasteiger partial charge in [0.1, 0.15) is 5.82 Å². The summed E-state index contributed by atoms with van der Waals surface area (Å²) in [6.07, 6.45) is 2.87. The van der Waals surface area contributed by atoms with Gasteiger partial charge < -0.3 is 20.1 Å². The molecule has 0 atom stereocenters. The fraction of sp³-hybridized carbons (Fsp3) is 0.190. The number of carbonyl (C=O) groups is 1. The Morgan fingerprint density at radius 1 is 1.13 bits per heavy atom. The first-order chi connectivity index (χ1) is 14.6. The molecule has 154 valence electrons. The summed E-state index contributed by atoms with van der Waals surface area (Å²) in [5.74, 6) is 0.598. The fourth-order valence-electron chi connectivity index (χ4n) is 3.12. The van der Waals surface area contributed by atoms with Crippen LogP contribution in [0.15, 0.2) is 53.2 Å². The van der Waals surface area contributed by atoms with E-state index < -0.39 is 0 Å². The van der Waals surface area contributed by atoms with Gasteiger partial charge in [-0.25, -0.2) is 9.18 Å². The molecular weight excluding hydrogens is 409 g/mol. The zero-order valence-electron chi connectivity index (χ0n) is 15.9. The number of hydrogen-bond donors (Lipinski definition) is 3. The molecule has 0 aliphatic rings. The van der Waals surface area contributed by atoms with E-state index in [1.54, 1.807) is 18.2 Å². The van der Waals surface area contributed by atoms with E-state index in [0.717, 1.165) is 22.0 Å². The highest BCUT2D eigenvalue weighted by Crippen LogP contribution is 2.20. The van der Waals surface area contributed by atoms with Crippen LogP contribution in [0.5, 0.6) is 0 Å². The first kappa shape index (κ1) is 19.9. The molecular formula is C21H19ClFN5O2. The average molecular weight is 428 g/mol. The highest BCUT2D eigenvalue weighted by atomic mass is 35.5. The second-order valence-corrected chi connectivity index (χ2v) is 7.15. The van der Waals surface area contributed by atoms with Crippen LogP contribution in [0.3, 0.4) is 0 Å². The summed E-state index contributed by atoms with van der Waals surface area (Å²) >= 11 is 5.97. The summed E-state index contributed by atoms with van der Waals surface area (Å²) in [7, 11) is 0. The Balaban J connectivity index is 1.21. The fourth-order valence-corrected chi connectivity index (χ4v) is 3.31. The molecule has 9 heteroatoms. The number of aromatic amines is 1. The molecule has 0 fully saturated rings. The standard InChI is InChI=1S/C21H19ClFN5O2/c22-15-3-1-2-13(10-15)20-27-19(30-28-20)7-9-25-21(29)24-8-6-14-12-26-18-11-16(23)4-5-17(14)18/h1-5,10-12,26H,6-9H2,(H2,24,25,29). The summed E-state index contributed by atoms with van der Waals surface area (Å²) in [5, 5.41) is 11.0. The number of hydrogen-bond acceptors (Lipinski definition) is 4. The Labute approximate surface area is 176 Å². The van der Waals surface area contributed by atoms with Gasteiger partial charge in [-0.3, -0.25) is 0 Å². The Hall–Kier alpha value is -3.39. The molecule has 0 aliphatic carbocycles. The molecule has 0 aliphatic heterocycles. The van der Waals surface area contributed by atoms with Crippen molar-refractivity contribution in [2.45, 2.75) is 12.8 Å². The SMILES string of the molecule is O=C(NCCc1nc(-c2cccc(Cl)c2)no1)NCCc1c[nH]c2cc(F)ccc12. The van der Waals surface area contributed by atoms with Crippen molar-refractivity contribution in [1.29, 1.82) is 0 Å². The molecule has 4 aromatic rings. The lowest BCUT2D eigenvalue weighted by atomic mass is 10.1. The zero-order valence-corrected chi connectivity index (χ0v) is 16.7. The lowest BCUT2D eigenvalue weighted by molar-refractivity contribution is 0.240. The van der Waals surface area contributed by atoms with Crippen molar-refractivity contribution in [2.75, 3.05) is 13.1 Å². The highest BCUT2D eigenvalue weighted by molar-refractivity contribution is 6.30. The maximum absolute atomic E-state index is 13.2. The first-order valence-electron chi connectivity index (χ1n) is 9.44. The van der Waals surface area contributed by atoms with Crippen molar-refractivity contribution >= 4 is 28.5 Å². The number of aromatic nitrogens is 3. The first-order valence-corrected chi connectivity index (χ1v) is 9.82. The smallest absolute Gasteiger partial charge is 0.314 e. The maximum atomic E-state index is 13.2. The molecule has 4 rings (SSSR count). The predicted molar refractivity (Wildman–Crippen MR) is 112 cm³/mol. The number of nitrogens with zero attached hydrogens (tertiary/aromatic N) is 2. The van der Waals surface area contributed by atoms with Gasteiger partial charge in [-0.2, -0.15) is 4.98 Å². The number of fused-ring (bicyclic) bond motifs is 1. The van der Waals surface area contributed by atoms with Gasteiger partial charge in [0.15, 0.2) is 0 Å². The molecule has 0 spiro atoms. The van der Waals surface area contributed by atoms with E-state index in [4.69, 9.17) is 16.1 Å². The Kier molecular flexibility index (Phi) is 5.94. The van der Waals surface area contributed by atoms with Crippen LogP contribution in [-0.2, 0) is 12.8 Å². The third-order valence-corrected chi connectivity index (χ3v) is 4.82. The summed E-state index contributed by atoms with van der Waals surface area (Å²) < 4.78 is 18.5. The number of carbonyl (C=O) groups excluding carboxylic acids is 1. The third kappa shape index (κ3) is 4.77. The lowest BCUT2D eigenvalue weighted by Gasteiger charge is -2.06. The number of H-pyrrole nitrogens is 1. The van der Waals surface area contributed by atoms with Gasteiger partial charge in [0.25, 0.3) is 0 Å². The van der Waals surface area contributed by atoms with E-state index in [-0.39, 0.29) is 11.8 Å². The lowest BCUT2D eigenvalue weighted by Crippen LogP contribution is -2.37. The van der Waals surface area contributed by atoms with E-state index in [0.29, 0.717) is 42.7 Å². The van der Waals surface area contributed by atoms with Crippen molar-refractivity contribution in [1.82, 2.24) is 25.8 Å². The van der Waals surface area contributed by atoms with Crippen LogP contribution < -0.4 is 10.6 Å². The van der Waals surface area contributed by atoms with Gasteiger partial charge in [0.05, 0.1) is 0 Å². The number of benzene rings is 2. The second-order valence-electron chi connectivity index (χ2n) is 6.71. The van der Waals surface area contributed by atoms with Gasteiger partial charge in [0.2, 0.25) is 11.7 Å². The number of amides is 2. The van der Waals surface area contributed by atoms with Crippen molar-refractivity contribution in [3.8, 4) is 11.4 Å². The third-order valence-electron chi connectivity index (χ3n) is 4.58. The van der Waals surface area contributed by atoms with Crippen LogP contribution in [0.4, 0.5) is 9.18 Å². The molecule has 0 saturated carbocycles. The zero-order chi connectivity index (χ0) is 20.9. The van der Waals surface area contributed by atoms with E-state index in [1.165, 1.54) is 12.1 Å². The monoisotopic (exact) mass is 427 g/mol. The molecule has 0 bridgehead atoms. The van der Waals surface area contributed by atoms with Crippen molar-refractivity contribution in [2.24, 2.45) is 0 Å². The topological polar surface area (TPSA) is 95.8 Å². The van der Waals surface area contributed by atoms with Crippen molar-refractivity contribution < 1.29 is 13.7 Å². The molecule has 2 aromatic heterocycles. The van der Waals surface area contributed by atoms with E-state index in [1.807, 2.05) is 18.3 Å². The minimum absolute atomic E-state index is 0.282. The van der Waals surface area contributed by atoms with Crippen LogP contribution in [0, 0.1) is 5.82 Å². The van der Waals surface area contributed by atoms with Crippen molar-refractivity contribution in [3.63, 3.8) is 0 Å². The molecule has 2 heterocycles. The molecule has 7 nitrogen and oxygen atoms in total. The predicted octanol–water partition coefficient (Wildman–Crippen LogP) is 4.09. The van der Waals surface area contributed by atoms with Crippen LogP contribution in [0.25, 0.3) is 22.3 Å². The highest BCUT2D eigenvalue weighted by Gasteiger charge is 2.10. The Bertz CT molecular complexity index is 1170. The van der Waals surface area contributed by atoms with Gasteiger partial charge >= 0.3 is 6.03 Å². The summed E-state index contributed by atoms with van der Waals surface area (Å²) in [6, 6.07) is 11.5. The van der Waals surface area contributed by atoms with Gasteiger partial charge in [-0.1, -0.05) is 28.9 Å². The van der Waals surface area contributed by atoms with Crippen LogP contribution in [0.1, 0.15) is 11.5 Å². The summed E-state index contributed by atoms with van der Waals surface area (Å²) in [6.45, 7) is 0.811. The number of halogens is 2. The summed E-state index contributed by atoms with van der Waals surface area (Å²) in [4.78, 5) is 19.3. The van der Waals surface area contributed by atoms with Crippen molar-refractivity contribution in [3.05, 3.63) is 71.0 Å². The Morgan fingerprint density at radius 3 is 2.80 bits per heavy atom. The molecule has 0 unspecified atom stereocenters. The minimum Gasteiger partial charge on any atom is -0.361 e. The quantitative estimate of drug-likeness (QED) is 0.414. The molecule has 2 amide bonds. The molecule has 3 N–H and O–H groups in total. The number of nitrogens with one attached hydrogen (secondary N) is 3. The number of rotatable bonds is 7. The minimum atomic E-state index is -0.283. The van der Waals surface area contributed by atoms with Crippen LogP contribution >= 0.6 is 11.6 Å². The maximum Gasteiger partial charge on any atom is 0.314 e. The average Bonchev–Trinajstić information content (AvgIpc) is 3.35. The normalized spacial score (nSPS) is 11.0. The van der Waals surface area contributed by atoms with E-state index in [2.05, 4.69) is 25.8 Å². The number of urea groups is 1. The van der Waals surface area contributed by atoms with E-state index in [9.17, 15) is 9.18 Å². The van der Waals surface area contributed by atoms with Gasteiger partial charge in [-0.05, 0) is 42.3 Å². The molecule has 0 saturated heterocycles. The molecule has 30 heavy (non-hydrogen) atoms. The van der Waals surface area contributed by atoms with Gasteiger partial charge in [0, 0.05) is 47.2 Å². The Morgan fingerprint density at radius 2 is 1.97 bits per heavy atom. The van der Waals surface area contributed by atoms with E-state index >= 15 is 0 Å².